The van der Waals surface area contributed by atoms with Gasteiger partial charge in [0.2, 0.25) is 5.91 Å². The van der Waals surface area contributed by atoms with E-state index in [2.05, 4.69) is 21.2 Å². The molecule has 0 radical (unpaired) electrons. The molecule has 0 saturated carbocycles. The molecule has 1 aromatic carbocycles. The van der Waals surface area contributed by atoms with Crippen molar-refractivity contribution in [3.05, 3.63) is 29.3 Å². The number of nitrogens with one attached hydrogen (secondary N) is 1. The number of carbonyl (C=O) groups excluding carboxylic acids is 1. The molecule has 0 spiro atoms. The zero-order valence-corrected chi connectivity index (χ0v) is 19.0. The summed E-state index contributed by atoms with van der Waals surface area (Å²) in [4.78, 5) is 19.3. The van der Waals surface area contributed by atoms with E-state index in [4.69, 9.17) is 11.6 Å². The number of amides is 1. The van der Waals surface area contributed by atoms with Gasteiger partial charge in [0.25, 0.3) is 0 Å². The standard InChI is InChI=1S/C20H31ClN4O.2ClH/c1-22-8-5-17-6-9-23(10-7-17)16-20(26)25-13-11-24(12-14-25)19-4-2-3-18(21)15-19;;/h2-4,15,17,22H,5-14,16H2,1H3;2*1H. The van der Waals surface area contributed by atoms with E-state index >= 15 is 0 Å². The van der Waals surface area contributed by atoms with Crippen LogP contribution in [0.1, 0.15) is 19.3 Å². The molecule has 160 valence electrons. The summed E-state index contributed by atoms with van der Waals surface area (Å²) in [5.41, 5.74) is 1.15. The Hall–Kier alpha value is -0.720. The van der Waals surface area contributed by atoms with Crippen molar-refractivity contribution in [2.45, 2.75) is 19.3 Å². The Morgan fingerprint density at radius 3 is 2.39 bits per heavy atom. The van der Waals surface area contributed by atoms with Crippen LogP contribution in [-0.2, 0) is 4.79 Å². The second-order valence-corrected chi connectivity index (χ2v) is 7.90. The number of halogens is 3. The van der Waals surface area contributed by atoms with Gasteiger partial charge in [-0.25, -0.2) is 0 Å². The fourth-order valence-electron chi connectivity index (χ4n) is 3.96. The molecule has 2 saturated heterocycles. The van der Waals surface area contributed by atoms with Gasteiger partial charge in [-0.3, -0.25) is 9.69 Å². The highest BCUT2D eigenvalue weighted by Gasteiger charge is 2.25. The van der Waals surface area contributed by atoms with Gasteiger partial charge in [0.1, 0.15) is 0 Å². The van der Waals surface area contributed by atoms with Crippen molar-refractivity contribution < 1.29 is 4.79 Å². The molecule has 5 nitrogen and oxygen atoms in total. The van der Waals surface area contributed by atoms with E-state index in [1.807, 2.05) is 30.1 Å². The van der Waals surface area contributed by atoms with Crippen LogP contribution in [0.2, 0.25) is 5.02 Å². The van der Waals surface area contributed by atoms with Crippen molar-refractivity contribution in [1.82, 2.24) is 15.1 Å². The lowest BCUT2D eigenvalue weighted by atomic mass is 9.93. The smallest absolute Gasteiger partial charge is 0.236 e. The van der Waals surface area contributed by atoms with Crippen molar-refractivity contribution in [2.24, 2.45) is 5.92 Å². The zero-order valence-electron chi connectivity index (χ0n) is 16.6. The number of carbonyl (C=O) groups is 1. The normalized spacial score (nSPS) is 18.4. The first-order valence-electron chi connectivity index (χ1n) is 9.81. The summed E-state index contributed by atoms with van der Waals surface area (Å²) in [6.07, 6.45) is 3.69. The molecule has 2 fully saturated rings. The number of likely N-dealkylation sites (tertiary alicyclic amines) is 1. The summed E-state index contributed by atoms with van der Waals surface area (Å²) in [6, 6.07) is 7.96. The lowest BCUT2D eigenvalue weighted by molar-refractivity contribution is -0.133. The van der Waals surface area contributed by atoms with Gasteiger partial charge >= 0.3 is 0 Å². The first-order valence-corrected chi connectivity index (χ1v) is 10.2. The Morgan fingerprint density at radius 1 is 1.11 bits per heavy atom. The number of piperidine rings is 1. The third-order valence-electron chi connectivity index (χ3n) is 5.67. The van der Waals surface area contributed by atoms with E-state index in [0.717, 1.165) is 62.4 Å². The van der Waals surface area contributed by atoms with Gasteiger partial charge in [-0.05, 0) is 70.1 Å². The maximum atomic E-state index is 12.7. The number of rotatable bonds is 6. The van der Waals surface area contributed by atoms with Gasteiger partial charge in [0, 0.05) is 36.9 Å². The predicted octanol–water partition coefficient (Wildman–Crippen LogP) is 3.15. The lowest BCUT2D eigenvalue weighted by Gasteiger charge is -2.38. The molecule has 0 atom stereocenters. The van der Waals surface area contributed by atoms with E-state index in [1.165, 1.54) is 19.3 Å². The molecule has 1 amide bonds. The van der Waals surface area contributed by atoms with Crippen LogP contribution in [0, 0.1) is 5.92 Å². The first-order chi connectivity index (χ1) is 12.7. The minimum atomic E-state index is 0. The lowest BCUT2D eigenvalue weighted by Crippen LogP contribution is -2.52. The minimum absolute atomic E-state index is 0. The van der Waals surface area contributed by atoms with Crippen molar-refractivity contribution in [3.63, 3.8) is 0 Å². The van der Waals surface area contributed by atoms with Crippen molar-refractivity contribution in [1.29, 1.82) is 0 Å². The number of benzene rings is 1. The number of piperazine rings is 1. The third-order valence-corrected chi connectivity index (χ3v) is 5.91. The predicted molar refractivity (Wildman–Crippen MR) is 122 cm³/mol. The summed E-state index contributed by atoms with van der Waals surface area (Å²) in [7, 11) is 2.01. The summed E-state index contributed by atoms with van der Waals surface area (Å²) in [5.74, 6) is 1.10. The second-order valence-electron chi connectivity index (χ2n) is 7.46. The molecular formula is C20H33Cl3N4O. The van der Waals surface area contributed by atoms with Crippen molar-refractivity contribution >= 4 is 48.0 Å². The Morgan fingerprint density at radius 2 is 1.79 bits per heavy atom. The van der Waals surface area contributed by atoms with Gasteiger partial charge in [-0.2, -0.15) is 0 Å². The summed E-state index contributed by atoms with van der Waals surface area (Å²) in [5, 5.41) is 4.00. The SMILES string of the molecule is CNCCC1CCN(CC(=O)N2CCN(c3cccc(Cl)c3)CC2)CC1.Cl.Cl. The van der Waals surface area contributed by atoms with Gasteiger partial charge in [0.05, 0.1) is 6.54 Å². The molecular weight excluding hydrogens is 419 g/mol. The monoisotopic (exact) mass is 450 g/mol. The van der Waals surface area contributed by atoms with Crippen molar-refractivity contribution in [2.75, 3.05) is 64.3 Å². The number of anilines is 1. The second kappa shape index (κ2) is 12.8. The number of hydrogen-bond acceptors (Lipinski definition) is 4. The Labute approximate surface area is 186 Å². The van der Waals surface area contributed by atoms with Crippen LogP contribution in [-0.4, -0.2) is 75.1 Å². The maximum Gasteiger partial charge on any atom is 0.236 e. The zero-order chi connectivity index (χ0) is 18.4. The average molecular weight is 452 g/mol. The van der Waals surface area contributed by atoms with Crippen LogP contribution in [0.25, 0.3) is 0 Å². The molecule has 2 aliphatic heterocycles. The summed E-state index contributed by atoms with van der Waals surface area (Å²) >= 11 is 6.09. The van der Waals surface area contributed by atoms with E-state index in [0.29, 0.717) is 6.54 Å². The van der Waals surface area contributed by atoms with Crippen LogP contribution in [0.3, 0.4) is 0 Å². The molecule has 1 aromatic rings. The summed E-state index contributed by atoms with van der Waals surface area (Å²) in [6.45, 7) is 7.13. The van der Waals surface area contributed by atoms with Crippen LogP contribution >= 0.6 is 36.4 Å². The molecule has 1 N–H and O–H groups in total. The van der Waals surface area contributed by atoms with Crippen LogP contribution in [0.5, 0.6) is 0 Å². The van der Waals surface area contributed by atoms with E-state index in [-0.39, 0.29) is 30.7 Å². The highest BCUT2D eigenvalue weighted by atomic mass is 35.5. The van der Waals surface area contributed by atoms with Gasteiger partial charge < -0.3 is 15.1 Å². The van der Waals surface area contributed by atoms with Gasteiger partial charge in [0.15, 0.2) is 0 Å². The topological polar surface area (TPSA) is 38.8 Å². The Bertz CT molecular complexity index is 589. The molecule has 0 unspecified atom stereocenters. The largest absolute Gasteiger partial charge is 0.368 e. The molecule has 0 aromatic heterocycles. The van der Waals surface area contributed by atoms with E-state index in [9.17, 15) is 4.79 Å². The minimum Gasteiger partial charge on any atom is -0.368 e. The van der Waals surface area contributed by atoms with Crippen LogP contribution in [0.15, 0.2) is 24.3 Å². The van der Waals surface area contributed by atoms with E-state index in [1.54, 1.807) is 0 Å². The Kier molecular flexibility index (Phi) is 11.5. The van der Waals surface area contributed by atoms with Gasteiger partial charge in [-0.15, -0.1) is 24.8 Å². The third kappa shape index (κ3) is 7.27. The average Bonchev–Trinajstić information content (AvgIpc) is 2.67. The first kappa shape index (κ1) is 25.3. The molecule has 3 rings (SSSR count). The maximum absolute atomic E-state index is 12.7. The molecule has 2 aliphatic rings. The van der Waals surface area contributed by atoms with Gasteiger partial charge in [-0.1, -0.05) is 17.7 Å². The molecule has 28 heavy (non-hydrogen) atoms. The van der Waals surface area contributed by atoms with Crippen molar-refractivity contribution in [3.8, 4) is 0 Å². The van der Waals surface area contributed by atoms with Crippen LogP contribution in [0.4, 0.5) is 5.69 Å². The van der Waals surface area contributed by atoms with E-state index < -0.39 is 0 Å². The number of nitrogens with zero attached hydrogens (tertiary/aromatic N) is 3. The highest BCUT2D eigenvalue weighted by molar-refractivity contribution is 6.30. The molecule has 0 bridgehead atoms. The van der Waals surface area contributed by atoms with Crippen LogP contribution < -0.4 is 10.2 Å². The fourth-order valence-corrected chi connectivity index (χ4v) is 4.14. The molecule has 8 heteroatoms. The highest BCUT2D eigenvalue weighted by Crippen LogP contribution is 2.22. The number of hydrogen-bond donors (Lipinski definition) is 1. The fraction of sp³-hybridized carbons (Fsp3) is 0.650. The Balaban J connectivity index is 0.00000196. The summed E-state index contributed by atoms with van der Waals surface area (Å²) < 4.78 is 0. The quantitative estimate of drug-likeness (QED) is 0.721. The molecule has 2 heterocycles. The molecule has 0 aliphatic carbocycles.